The summed E-state index contributed by atoms with van der Waals surface area (Å²) < 4.78 is 55.8. The Balaban J connectivity index is 1.04. The van der Waals surface area contributed by atoms with E-state index in [0.717, 1.165) is 58.2 Å². The number of halogens is 2. The first-order valence-electron chi connectivity index (χ1n) is 18.8. The quantitative estimate of drug-likeness (QED) is 0.173. The first-order valence-corrected chi connectivity index (χ1v) is 18.8. The lowest BCUT2D eigenvalue weighted by atomic mass is 9.95. The molecule has 0 radical (unpaired) electrons. The van der Waals surface area contributed by atoms with Crippen LogP contribution in [0.25, 0.3) is 32.9 Å². The SMILES string of the molecule is C#Cc1c(F)ccc2cc(O)cc(-c3nc4c5c(nc(OCC6(CN7CCC(OCC(=O)OCC)CC7)CC6)nc5c3F)N3C[C@H]5CC[C@H](N5)[C@H]3CO4)c12. The fourth-order valence-corrected chi connectivity index (χ4v) is 8.75. The molecule has 0 amide bonds. The van der Waals surface area contributed by atoms with Crippen LogP contribution in [-0.2, 0) is 14.3 Å². The topological polar surface area (TPSA) is 131 Å². The first kappa shape index (κ1) is 34.9. The molecule has 0 spiro atoms. The minimum Gasteiger partial charge on any atom is -0.508 e. The Kier molecular flexibility index (Phi) is 8.91. The van der Waals surface area contributed by atoms with Gasteiger partial charge in [-0.2, -0.15) is 9.97 Å². The molecular weight excluding hydrogens is 698 g/mol. The van der Waals surface area contributed by atoms with Crippen LogP contribution in [0.3, 0.4) is 0 Å². The molecule has 2 aromatic carbocycles. The maximum Gasteiger partial charge on any atom is 0.332 e. The Morgan fingerprint density at radius 2 is 1.96 bits per heavy atom. The highest BCUT2D eigenvalue weighted by Crippen LogP contribution is 2.48. The van der Waals surface area contributed by atoms with Crippen LogP contribution in [0.4, 0.5) is 14.6 Å². The summed E-state index contributed by atoms with van der Waals surface area (Å²) in [6, 6.07) is 5.87. The molecule has 2 bridgehead atoms. The molecule has 1 saturated carbocycles. The number of likely N-dealkylation sites (tertiary alicyclic amines) is 1. The second kappa shape index (κ2) is 13.8. The molecule has 3 saturated heterocycles. The van der Waals surface area contributed by atoms with Crippen molar-refractivity contribution < 1.29 is 37.6 Å². The molecule has 9 rings (SSSR count). The number of ether oxygens (including phenoxy) is 4. The predicted octanol–water partition coefficient (Wildman–Crippen LogP) is 4.71. The molecule has 12 nitrogen and oxygen atoms in total. The van der Waals surface area contributed by atoms with Gasteiger partial charge in [-0.25, -0.2) is 18.6 Å². The number of esters is 1. The second-order valence-electron chi connectivity index (χ2n) is 15.2. The number of aromatic nitrogens is 3. The molecule has 0 unspecified atom stereocenters. The van der Waals surface area contributed by atoms with E-state index in [9.17, 15) is 9.90 Å². The molecule has 2 N–H and O–H groups in total. The molecule has 1 aliphatic carbocycles. The Bertz CT molecular complexity index is 2180. The van der Waals surface area contributed by atoms with Gasteiger partial charge >= 0.3 is 12.0 Å². The van der Waals surface area contributed by atoms with Crippen molar-refractivity contribution in [1.82, 2.24) is 25.2 Å². The van der Waals surface area contributed by atoms with Crippen molar-refractivity contribution in [2.45, 2.75) is 69.7 Å². The molecule has 4 fully saturated rings. The van der Waals surface area contributed by atoms with Gasteiger partial charge in [0.1, 0.15) is 47.2 Å². The van der Waals surface area contributed by atoms with Gasteiger partial charge in [0.05, 0.1) is 30.9 Å². The zero-order valence-electron chi connectivity index (χ0n) is 30.1. The van der Waals surface area contributed by atoms with E-state index in [4.69, 9.17) is 35.3 Å². The number of nitrogens with one attached hydrogen (secondary N) is 1. The van der Waals surface area contributed by atoms with Crippen LogP contribution in [0, 0.1) is 29.4 Å². The van der Waals surface area contributed by atoms with Crippen LogP contribution < -0.4 is 19.7 Å². The number of hydrogen-bond acceptors (Lipinski definition) is 12. The van der Waals surface area contributed by atoms with Gasteiger partial charge in [0.2, 0.25) is 5.88 Å². The average Bonchev–Trinajstić information content (AvgIpc) is 3.86. The van der Waals surface area contributed by atoms with Crippen LogP contribution in [0.5, 0.6) is 17.6 Å². The lowest BCUT2D eigenvalue weighted by Gasteiger charge is -2.40. The Labute approximate surface area is 311 Å². The Hall–Kier alpha value is -4.84. The standard InChI is InChI=1S/C40H42F2N6O6/c1-3-26-28(41)7-5-22-15-24(49)16-27(32(22)26)35-34(42)36-33-37(48-17-23-6-8-29(43-23)30(48)18-53-38(33)44-35)46-39(45-36)54-21-40(11-12-40)20-47-13-9-25(10-14-47)52-19-31(50)51-4-2/h1,5,7,15-16,23,25,29-30,43,49H,4,6,8-14,17-21H2,2H3/t23-,29+,30-/m1/s1. The van der Waals surface area contributed by atoms with E-state index in [0.29, 0.717) is 36.3 Å². The van der Waals surface area contributed by atoms with Crippen molar-refractivity contribution in [1.29, 1.82) is 0 Å². The van der Waals surface area contributed by atoms with Crippen molar-refractivity contribution in [2.75, 3.05) is 57.5 Å². The molecule has 5 aliphatic rings. The number of terminal acetylenes is 1. The molecule has 4 aromatic rings. The van der Waals surface area contributed by atoms with Crippen molar-refractivity contribution in [3.05, 3.63) is 41.5 Å². The van der Waals surface area contributed by atoms with Crippen LogP contribution in [0.15, 0.2) is 24.3 Å². The van der Waals surface area contributed by atoms with E-state index in [1.807, 2.05) is 0 Å². The number of carbonyl (C=O) groups excluding carboxylic acids is 1. The largest absolute Gasteiger partial charge is 0.508 e. The maximum absolute atomic E-state index is 17.2. The number of piperidine rings is 1. The van der Waals surface area contributed by atoms with Crippen LogP contribution in [0.2, 0.25) is 0 Å². The summed E-state index contributed by atoms with van der Waals surface area (Å²) in [5, 5.41) is 15.4. The minimum atomic E-state index is -0.782. The summed E-state index contributed by atoms with van der Waals surface area (Å²) in [6.45, 7) is 5.91. The van der Waals surface area contributed by atoms with Gasteiger partial charge in [0.25, 0.3) is 0 Å². The van der Waals surface area contributed by atoms with Gasteiger partial charge in [-0.05, 0) is 69.0 Å². The van der Waals surface area contributed by atoms with Crippen LogP contribution in [-0.4, -0.2) is 108 Å². The number of aromatic hydroxyl groups is 1. The molecular formula is C40H42F2N6O6. The Morgan fingerprint density at radius 1 is 1.13 bits per heavy atom. The maximum atomic E-state index is 17.2. The fraction of sp³-hybridized carbons (Fsp3) is 0.500. The molecule has 2 aromatic heterocycles. The molecule has 14 heteroatoms. The number of rotatable bonds is 10. The van der Waals surface area contributed by atoms with E-state index in [-0.39, 0.29) is 94.2 Å². The first-order chi connectivity index (χ1) is 26.2. The molecule has 6 heterocycles. The van der Waals surface area contributed by atoms with E-state index < -0.39 is 11.6 Å². The van der Waals surface area contributed by atoms with Gasteiger partial charge in [0.15, 0.2) is 5.82 Å². The predicted molar refractivity (Wildman–Crippen MR) is 196 cm³/mol. The second-order valence-corrected chi connectivity index (χ2v) is 15.2. The van der Waals surface area contributed by atoms with E-state index in [2.05, 4.69) is 26.0 Å². The number of anilines is 1. The fourth-order valence-electron chi connectivity index (χ4n) is 8.75. The van der Waals surface area contributed by atoms with Gasteiger partial charge < -0.3 is 39.2 Å². The Morgan fingerprint density at radius 3 is 2.74 bits per heavy atom. The number of piperazine rings is 1. The number of hydrogen-bond donors (Lipinski definition) is 2. The van der Waals surface area contributed by atoms with Crippen molar-refractivity contribution in [3.63, 3.8) is 0 Å². The zero-order valence-corrected chi connectivity index (χ0v) is 30.1. The van der Waals surface area contributed by atoms with Gasteiger partial charge in [-0.1, -0.05) is 12.0 Å². The zero-order chi connectivity index (χ0) is 37.1. The van der Waals surface area contributed by atoms with Gasteiger partial charge in [0, 0.05) is 54.6 Å². The van der Waals surface area contributed by atoms with Crippen molar-refractivity contribution in [2.24, 2.45) is 5.41 Å². The number of fused-ring (bicyclic) bond motifs is 6. The average molecular weight is 741 g/mol. The summed E-state index contributed by atoms with van der Waals surface area (Å²) >= 11 is 0. The lowest BCUT2D eigenvalue weighted by Crippen LogP contribution is -2.60. The summed E-state index contributed by atoms with van der Waals surface area (Å²) in [4.78, 5) is 30.7. The van der Waals surface area contributed by atoms with Crippen molar-refractivity contribution >= 4 is 33.5 Å². The third-order valence-electron chi connectivity index (χ3n) is 11.7. The summed E-state index contributed by atoms with van der Waals surface area (Å²) in [7, 11) is 0. The smallest absolute Gasteiger partial charge is 0.332 e. The third-order valence-corrected chi connectivity index (χ3v) is 11.7. The summed E-state index contributed by atoms with van der Waals surface area (Å²) in [6.07, 6.45) is 11.4. The van der Waals surface area contributed by atoms with Gasteiger partial charge in [-0.3, -0.25) is 0 Å². The highest BCUT2D eigenvalue weighted by molar-refractivity contribution is 6.04. The number of nitrogens with zero attached hydrogens (tertiary/aromatic N) is 5. The number of pyridine rings is 1. The van der Waals surface area contributed by atoms with Crippen LogP contribution >= 0.6 is 0 Å². The molecule has 282 valence electrons. The lowest BCUT2D eigenvalue weighted by molar-refractivity contribution is -0.151. The molecule has 4 aliphatic heterocycles. The normalized spacial score (nSPS) is 23.1. The highest BCUT2D eigenvalue weighted by atomic mass is 19.1. The molecule has 3 atom stereocenters. The number of benzene rings is 2. The van der Waals surface area contributed by atoms with Crippen LogP contribution in [0.1, 0.15) is 51.0 Å². The van der Waals surface area contributed by atoms with E-state index >= 15 is 8.78 Å². The minimum absolute atomic E-state index is 0.0198. The number of phenols is 1. The van der Waals surface area contributed by atoms with Crippen molar-refractivity contribution in [3.8, 4) is 41.2 Å². The third kappa shape index (κ3) is 6.31. The highest BCUT2D eigenvalue weighted by Gasteiger charge is 2.47. The summed E-state index contributed by atoms with van der Waals surface area (Å²) in [5.74, 6) is 1.13. The monoisotopic (exact) mass is 740 g/mol. The van der Waals surface area contributed by atoms with E-state index in [1.165, 1.54) is 24.3 Å². The number of phenolic OH excluding ortho intramolecular Hbond substituents is 1. The van der Waals surface area contributed by atoms with E-state index in [1.54, 1.807) is 6.92 Å². The molecule has 54 heavy (non-hydrogen) atoms. The summed E-state index contributed by atoms with van der Waals surface area (Å²) in [5.41, 5.74) is -0.247. The number of carbonyl (C=O) groups is 1. The van der Waals surface area contributed by atoms with Gasteiger partial charge in [-0.15, -0.1) is 6.42 Å².